The van der Waals surface area contributed by atoms with E-state index in [1.165, 1.54) is 0 Å². The van der Waals surface area contributed by atoms with Crippen LogP contribution in [0.1, 0.15) is 12.4 Å². The molecule has 1 heterocycles. The molecule has 1 aromatic heterocycles. The minimum absolute atomic E-state index is 0.165. The first-order valence-corrected chi connectivity index (χ1v) is 18.2. The Kier molecular flexibility index (Phi) is 19.5. The summed E-state index contributed by atoms with van der Waals surface area (Å²) in [6, 6.07) is 7.54. The van der Waals surface area contributed by atoms with Crippen molar-refractivity contribution in [2.24, 2.45) is 0 Å². The highest BCUT2D eigenvalue weighted by Gasteiger charge is 2.55. The standard InChI is InChI=1S/C18H14ClN.B36/c1-13-11-18(15-7-9-16(19)10-8-15)20-12-17(13)14-5-3-2-4-6-14;1-20(2)29(19)34(30(21(3)4)22(5)6)36(33(27(15)16)28(17)18)35(31(23(7)8)24(9)10)32(25(11)12)26(13)14/h2-12H,1H3;/i2D,3D,4D,5D,6D;. The van der Waals surface area contributed by atoms with Crippen molar-refractivity contribution in [1.29, 1.82) is 0 Å². The molecule has 0 fully saturated rings. The summed E-state index contributed by atoms with van der Waals surface area (Å²) in [6.07, 6.45) is -16.8. The van der Waals surface area contributed by atoms with Gasteiger partial charge in [-0.3, -0.25) is 4.98 Å². The molecule has 0 aliphatic rings. The SMILES string of the molecule is [2H]c1c([2H])c([2H])c(-c2cnc(-c3ccc(Cl)cc3)cc2C)c([2H])c1[2H].[B]B([B])B([B])B(B(B([B])[B])B([B])[B])B(B(B([B])[B])B([B])[B])B(B(B([B])[B])B([B])[B])B(B([B])[B])B([B])[B]. The number of aromatic nitrogens is 1. The summed E-state index contributed by atoms with van der Waals surface area (Å²) in [4.78, 5) is 4.40. The van der Waals surface area contributed by atoms with Crippen LogP contribution in [0.4, 0.5) is 0 Å². The molecule has 38 radical (unpaired) electrons. The van der Waals surface area contributed by atoms with Gasteiger partial charge in [-0.05, 0) is 36.2 Å². The van der Waals surface area contributed by atoms with Crippen LogP contribution in [0.15, 0.2) is 66.7 Å². The van der Waals surface area contributed by atoms with Crippen LogP contribution in [-0.2, 0) is 0 Å². The second-order valence-corrected chi connectivity index (χ2v) is 14.6. The van der Waals surface area contributed by atoms with Gasteiger partial charge in [0.15, 0.2) is 0 Å². The number of hydrogen-bond acceptors (Lipinski definition) is 1. The second-order valence-electron chi connectivity index (χ2n) is 14.2. The van der Waals surface area contributed by atoms with Crippen LogP contribution in [0.2, 0.25) is 5.02 Å². The minimum atomic E-state index is -1.17. The van der Waals surface area contributed by atoms with Crippen LogP contribution in [-0.4, -0.2) is 261 Å². The Labute approximate surface area is 383 Å². The Morgan fingerprint density at radius 3 is 1.16 bits per heavy atom. The van der Waals surface area contributed by atoms with Gasteiger partial charge in [0.2, 0.25) is 0 Å². The van der Waals surface area contributed by atoms with Crippen molar-refractivity contribution >= 4 is 267 Å². The lowest BCUT2D eigenvalue weighted by molar-refractivity contribution is 1.29. The minimum Gasteiger partial charge on any atom is -0.256 e. The van der Waals surface area contributed by atoms with E-state index in [-0.39, 0.29) is 29.7 Å². The predicted octanol–water partition coefficient (Wildman–Crippen LogP) is -8.33. The Morgan fingerprint density at radius 1 is 0.464 bits per heavy atom. The first-order chi connectivity index (χ1) is 28.1. The number of benzene rings is 2. The summed E-state index contributed by atoms with van der Waals surface area (Å²) in [5, 5.41) is 0.635. The quantitative estimate of drug-likeness (QED) is 0.123. The maximum atomic E-state index is 8.10. The normalized spacial score (nSPS) is 11.1. The van der Waals surface area contributed by atoms with Crippen molar-refractivity contribution in [3.63, 3.8) is 0 Å². The molecular weight excluding hydrogens is 655 g/mol. The van der Waals surface area contributed by atoms with Gasteiger partial charge in [0.25, 0.3) is 0 Å². The van der Waals surface area contributed by atoms with Crippen molar-refractivity contribution in [3.05, 3.63) is 77.3 Å². The van der Waals surface area contributed by atoms with Crippen molar-refractivity contribution in [3.8, 4) is 22.4 Å². The van der Waals surface area contributed by atoms with Gasteiger partial charge in [-0.1, -0.05) is 53.9 Å². The number of pyridine rings is 1. The molecule has 0 saturated carbocycles. The molecular formula is C18H14B36ClN. The van der Waals surface area contributed by atoms with E-state index in [2.05, 4.69) is 4.98 Å². The fourth-order valence-corrected chi connectivity index (χ4v) is 7.75. The molecule has 1 nitrogen and oxygen atoms in total. The fourth-order valence-electron chi connectivity index (χ4n) is 7.63. The molecule has 206 valence electrons. The first-order valence-electron chi connectivity index (χ1n) is 20.3. The molecule has 0 aliphatic carbocycles. The molecule has 0 amide bonds. The van der Waals surface area contributed by atoms with Crippen LogP contribution < -0.4 is 0 Å². The lowest BCUT2D eigenvalue weighted by Crippen LogP contribution is -2.91. The molecule has 0 aliphatic heterocycles. The molecule has 0 bridgehead atoms. The van der Waals surface area contributed by atoms with Gasteiger partial charge in [-0.15, -0.1) is 0 Å². The Morgan fingerprint density at radius 2 is 0.821 bits per heavy atom. The van der Waals surface area contributed by atoms with Gasteiger partial charge in [-0.25, -0.2) is 0 Å². The molecule has 56 heavy (non-hydrogen) atoms. The number of halogens is 1. The monoisotopic (exact) mass is 680 g/mol. The average Bonchev–Trinajstić information content (AvgIpc) is 3.13. The molecule has 3 aromatic rings. The lowest BCUT2D eigenvalue weighted by Gasteiger charge is -2.53. The van der Waals surface area contributed by atoms with Gasteiger partial charge in [0.05, 0.1) is 12.5 Å². The average molecular weight is 674 g/mol. The Hall–Kier alpha value is 0.218. The summed E-state index contributed by atoms with van der Waals surface area (Å²) in [5.41, 5.74) is 3.08. The molecule has 0 atom stereocenters. The highest BCUT2D eigenvalue weighted by atomic mass is 35.5. The summed E-state index contributed by atoms with van der Waals surface area (Å²) < 4.78 is 39.5. The molecule has 2 aromatic carbocycles. The van der Waals surface area contributed by atoms with Crippen LogP contribution in [0.25, 0.3) is 22.4 Å². The van der Waals surface area contributed by atoms with Gasteiger partial charge >= 0.3 is 0 Å². The van der Waals surface area contributed by atoms with Gasteiger partial charge in [0.1, 0.15) is 0 Å². The topological polar surface area (TPSA) is 12.9 Å². The molecule has 0 unspecified atom stereocenters. The molecule has 0 N–H and O–H groups in total. The zero-order chi connectivity index (χ0) is 47.1. The van der Waals surface area contributed by atoms with E-state index in [9.17, 15) is 0 Å². The highest BCUT2D eigenvalue weighted by Crippen LogP contribution is 2.27. The molecule has 0 spiro atoms. The maximum Gasteiger partial charge on any atom is 0.0705 e. The third-order valence-electron chi connectivity index (χ3n) is 10.1. The number of aryl methyl sites for hydroxylation is 1. The summed E-state index contributed by atoms with van der Waals surface area (Å²) >= 11 is 5.90. The number of hydrogen-bond donors (Lipinski definition) is 0. The second kappa shape index (κ2) is 24.6. The largest absolute Gasteiger partial charge is 0.256 e. The van der Waals surface area contributed by atoms with Crippen LogP contribution >= 0.6 is 11.6 Å². The highest BCUT2D eigenvalue weighted by molar-refractivity contribution is 8.30. The van der Waals surface area contributed by atoms with E-state index >= 15 is 0 Å². The van der Waals surface area contributed by atoms with Crippen molar-refractivity contribution in [2.45, 2.75) is 6.92 Å². The van der Waals surface area contributed by atoms with Gasteiger partial charge in [-0.2, -0.15) is 0 Å². The maximum absolute atomic E-state index is 8.10. The smallest absolute Gasteiger partial charge is 0.0705 e. The molecule has 38 heteroatoms. The van der Waals surface area contributed by atoms with E-state index in [1.807, 2.05) is 25.1 Å². The predicted molar refractivity (Wildman–Crippen MR) is 292 cm³/mol. The first kappa shape index (κ1) is 44.3. The fraction of sp³-hybridized carbons (Fsp3) is 0.0556. The zero-order valence-corrected chi connectivity index (χ0v) is 32.3. The van der Waals surface area contributed by atoms with Crippen LogP contribution in [0.3, 0.4) is 0 Å². The summed E-state index contributed by atoms with van der Waals surface area (Å²) in [5.74, 6) is 0. The van der Waals surface area contributed by atoms with Gasteiger partial charge in [0, 0.05) is 278 Å². The Bertz CT molecular complexity index is 1760. The molecule has 0 saturated heterocycles. The van der Waals surface area contributed by atoms with Crippen molar-refractivity contribution in [2.75, 3.05) is 0 Å². The lowest BCUT2D eigenvalue weighted by atomic mass is 8.29. The van der Waals surface area contributed by atoms with E-state index in [1.54, 1.807) is 18.3 Å². The van der Waals surface area contributed by atoms with E-state index in [4.69, 9.17) is 165 Å². The number of nitrogens with zero attached hydrogens (tertiary/aromatic N) is 1. The van der Waals surface area contributed by atoms with Crippen LogP contribution in [0, 0.1) is 6.92 Å². The number of rotatable bonds is 18. The van der Waals surface area contributed by atoms with Crippen molar-refractivity contribution in [1.82, 2.24) is 4.98 Å². The third-order valence-corrected chi connectivity index (χ3v) is 10.4. The van der Waals surface area contributed by atoms with E-state index < -0.39 is 115 Å². The Balaban J connectivity index is 0.000000444. The van der Waals surface area contributed by atoms with Gasteiger partial charge < -0.3 is 0 Å². The van der Waals surface area contributed by atoms with Crippen LogP contribution in [0.5, 0.6) is 0 Å². The summed E-state index contributed by atoms with van der Waals surface area (Å²) in [6.45, 7) is 1.83. The summed E-state index contributed by atoms with van der Waals surface area (Å²) in [7, 11) is 117. The molecule has 3 rings (SSSR count). The van der Waals surface area contributed by atoms with Crippen molar-refractivity contribution < 1.29 is 6.85 Å². The van der Waals surface area contributed by atoms with E-state index in [0.29, 0.717) is 10.6 Å². The third kappa shape index (κ3) is 14.4. The zero-order valence-electron chi connectivity index (χ0n) is 36.6. The van der Waals surface area contributed by atoms with E-state index in [0.717, 1.165) is 16.8 Å².